The summed E-state index contributed by atoms with van der Waals surface area (Å²) in [5.74, 6) is -0.000162. The van der Waals surface area contributed by atoms with Gasteiger partial charge in [0, 0.05) is 46.2 Å². The second-order valence-corrected chi connectivity index (χ2v) is 5.66. The number of aromatic nitrogens is 2. The van der Waals surface area contributed by atoms with Crippen LogP contribution in [0.15, 0.2) is 12.4 Å². The number of carbonyl (C=O) groups excluding carboxylic acids is 2. The molecule has 0 saturated heterocycles. The lowest BCUT2D eigenvalue weighted by molar-refractivity contribution is -0.128. The summed E-state index contributed by atoms with van der Waals surface area (Å²) in [6, 6.07) is 0. The van der Waals surface area contributed by atoms with E-state index in [1.807, 2.05) is 10.9 Å². The van der Waals surface area contributed by atoms with Gasteiger partial charge < -0.3 is 10.2 Å². The summed E-state index contributed by atoms with van der Waals surface area (Å²) in [5.41, 5.74) is 0. The molecule has 19 heavy (non-hydrogen) atoms. The van der Waals surface area contributed by atoms with Crippen LogP contribution in [0.2, 0.25) is 0 Å². The van der Waals surface area contributed by atoms with Crippen LogP contribution < -0.4 is 5.32 Å². The molecule has 0 aromatic carbocycles. The normalized spacial score (nSPS) is 10.3. The second kappa shape index (κ2) is 8.13. The van der Waals surface area contributed by atoms with Gasteiger partial charge in [-0.3, -0.25) is 14.3 Å². The Morgan fingerprint density at radius 3 is 2.74 bits per heavy atom. The fourth-order valence-corrected chi connectivity index (χ4v) is 1.93. The predicted octanol–water partition coefficient (Wildman–Crippen LogP) is 0.862. The molecule has 1 heterocycles. The molecule has 0 spiro atoms. The molecule has 2 amide bonds. The van der Waals surface area contributed by atoms with Crippen molar-refractivity contribution in [1.29, 1.82) is 0 Å². The summed E-state index contributed by atoms with van der Waals surface area (Å²) >= 11 is 2.20. The van der Waals surface area contributed by atoms with Crippen LogP contribution in [-0.2, 0) is 16.1 Å². The zero-order valence-electron chi connectivity index (χ0n) is 11.2. The number of rotatable bonds is 7. The van der Waals surface area contributed by atoms with Gasteiger partial charge in [0.1, 0.15) is 0 Å². The van der Waals surface area contributed by atoms with Crippen molar-refractivity contribution < 1.29 is 9.59 Å². The van der Waals surface area contributed by atoms with E-state index < -0.39 is 0 Å². The Balaban J connectivity index is 2.10. The lowest BCUT2D eigenvalue weighted by atomic mass is 10.3. The maximum absolute atomic E-state index is 11.5. The Hall–Kier alpha value is -1.12. The van der Waals surface area contributed by atoms with Crippen molar-refractivity contribution in [1.82, 2.24) is 20.0 Å². The van der Waals surface area contributed by atoms with E-state index in [2.05, 4.69) is 33.0 Å². The zero-order valence-corrected chi connectivity index (χ0v) is 13.4. The highest BCUT2D eigenvalue weighted by Crippen LogP contribution is 2.02. The molecule has 1 aromatic rings. The highest BCUT2D eigenvalue weighted by molar-refractivity contribution is 14.1. The first-order valence-electron chi connectivity index (χ1n) is 6.14. The van der Waals surface area contributed by atoms with Gasteiger partial charge in [-0.25, -0.2) is 0 Å². The first-order chi connectivity index (χ1) is 8.99. The molecule has 0 bridgehead atoms. The minimum atomic E-state index is -0.0200. The van der Waals surface area contributed by atoms with Crippen LogP contribution >= 0.6 is 22.6 Å². The smallest absolute Gasteiger partial charge is 0.223 e. The molecular formula is C12H19IN4O2. The molecule has 0 saturated carbocycles. The number of nitrogens with one attached hydrogen (secondary N) is 1. The summed E-state index contributed by atoms with van der Waals surface area (Å²) in [4.78, 5) is 24.3. The van der Waals surface area contributed by atoms with Gasteiger partial charge in [-0.15, -0.1) is 0 Å². The van der Waals surface area contributed by atoms with Gasteiger partial charge in [-0.1, -0.05) is 0 Å². The van der Waals surface area contributed by atoms with Crippen molar-refractivity contribution in [2.75, 3.05) is 20.6 Å². The maximum Gasteiger partial charge on any atom is 0.223 e. The number of aryl methyl sites for hydroxylation is 1. The Morgan fingerprint density at radius 1 is 1.42 bits per heavy atom. The molecule has 0 fully saturated rings. The lowest BCUT2D eigenvalue weighted by Gasteiger charge is -2.10. The SMILES string of the molecule is CN(C)C(=O)CCNC(=O)CCCn1cc(I)cn1. The molecule has 1 N–H and O–H groups in total. The van der Waals surface area contributed by atoms with E-state index in [4.69, 9.17) is 0 Å². The number of carbonyl (C=O) groups is 2. The summed E-state index contributed by atoms with van der Waals surface area (Å²) in [5, 5.41) is 6.89. The minimum absolute atomic E-state index is 0.0198. The van der Waals surface area contributed by atoms with Crippen molar-refractivity contribution in [3.63, 3.8) is 0 Å². The van der Waals surface area contributed by atoms with E-state index in [0.29, 0.717) is 19.4 Å². The lowest BCUT2D eigenvalue weighted by Crippen LogP contribution is -2.30. The quantitative estimate of drug-likeness (QED) is 0.716. The van der Waals surface area contributed by atoms with Gasteiger partial charge in [0.25, 0.3) is 0 Å². The largest absolute Gasteiger partial charge is 0.356 e. The van der Waals surface area contributed by atoms with Crippen LogP contribution in [0, 0.1) is 3.57 Å². The van der Waals surface area contributed by atoms with Crippen molar-refractivity contribution in [3.8, 4) is 0 Å². The maximum atomic E-state index is 11.5. The fraction of sp³-hybridized carbons (Fsp3) is 0.583. The second-order valence-electron chi connectivity index (χ2n) is 4.41. The van der Waals surface area contributed by atoms with E-state index in [1.165, 1.54) is 4.90 Å². The first-order valence-corrected chi connectivity index (χ1v) is 7.21. The molecule has 1 rings (SSSR count). The minimum Gasteiger partial charge on any atom is -0.356 e. The van der Waals surface area contributed by atoms with Crippen LogP contribution in [0.3, 0.4) is 0 Å². The van der Waals surface area contributed by atoms with Gasteiger partial charge >= 0.3 is 0 Å². The molecule has 0 atom stereocenters. The van der Waals surface area contributed by atoms with Crippen molar-refractivity contribution in [2.45, 2.75) is 25.8 Å². The topological polar surface area (TPSA) is 67.2 Å². The highest BCUT2D eigenvalue weighted by atomic mass is 127. The molecule has 0 unspecified atom stereocenters. The van der Waals surface area contributed by atoms with Crippen LogP contribution in [0.4, 0.5) is 0 Å². The van der Waals surface area contributed by atoms with Gasteiger partial charge in [0.05, 0.1) is 9.77 Å². The van der Waals surface area contributed by atoms with E-state index in [0.717, 1.165) is 16.5 Å². The average molecular weight is 378 g/mol. The molecule has 106 valence electrons. The van der Waals surface area contributed by atoms with Crippen molar-refractivity contribution in [2.24, 2.45) is 0 Å². The average Bonchev–Trinajstić information content (AvgIpc) is 2.74. The molecular weight excluding hydrogens is 359 g/mol. The fourth-order valence-electron chi connectivity index (χ4n) is 1.48. The summed E-state index contributed by atoms with van der Waals surface area (Å²) in [6.07, 6.45) is 5.26. The van der Waals surface area contributed by atoms with Crippen molar-refractivity contribution in [3.05, 3.63) is 16.0 Å². The van der Waals surface area contributed by atoms with E-state index >= 15 is 0 Å². The number of amides is 2. The zero-order chi connectivity index (χ0) is 14.3. The molecule has 0 aliphatic carbocycles. The number of halogens is 1. The van der Waals surface area contributed by atoms with Crippen LogP contribution in [-0.4, -0.2) is 47.1 Å². The molecule has 0 aliphatic heterocycles. The number of nitrogens with zero attached hydrogens (tertiary/aromatic N) is 3. The number of hydrogen-bond donors (Lipinski definition) is 1. The Kier molecular flexibility index (Phi) is 6.82. The summed E-state index contributed by atoms with van der Waals surface area (Å²) < 4.78 is 2.91. The van der Waals surface area contributed by atoms with Crippen molar-refractivity contribution >= 4 is 34.4 Å². The van der Waals surface area contributed by atoms with Gasteiger partial charge in [-0.05, 0) is 29.0 Å². The van der Waals surface area contributed by atoms with E-state index in [9.17, 15) is 9.59 Å². The summed E-state index contributed by atoms with van der Waals surface area (Å²) in [7, 11) is 3.41. The van der Waals surface area contributed by atoms with Crippen LogP contribution in [0.25, 0.3) is 0 Å². The van der Waals surface area contributed by atoms with E-state index in [-0.39, 0.29) is 11.8 Å². The molecule has 7 heteroatoms. The van der Waals surface area contributed by atoms with Gasteiger partial charge in [0.2, 0.25) is 11.8 Å². The first kappa shape index (κ1) is 15.9. The Labute approximate surface area is 126 Å². The van der Waals surface area contributed by atoms with Gasteiger partial charge in [-0.2, -0.15) is 5.10 Å². The molecule has 0 radical (unpaired) electrons. The number of hydrogen-bond acceptors (Lipinski definition) is 3. The molecule has 1 aromatic heterocycles. The summed E-state index contributed by atoms with van der Waals surface area (Å²) in [6.45, 7) is 1.13. The van der Waals surface area contributed by atoms with E-state index in [1.54, 1.807) is 20.3 Å². The van der Waals surface area contributed by atoms with Crippen LogP contribution in [0.1, 0.15) is 19.3 Å². The monoisotopic (exact) mass is 378 g/mol. The predicted molar refractivity (Wildman–Crippen MR) is 80.5 cm³/mol. The third kappa shape index (κ3) is 6.55. The van der Waals surface area contributed by atoms with Crippen LogP contribution in [0.5, 0.6) is 0 Å². The Bertz CT molecular complexity index is 431. The third-order valence-corrected chi connectivity index (χ3v) is 3.11. The highest BCUT2D eigenvalue weighted by Gasteiger charge is 2.05. The van der Waals surface area contributed by atoms with Gasteiger partial charge in [0.15, 0.2) is 0 Å². The molecule has 6 nitrogen and oxygen atoms in total. The standard InChI is InChI=1S/C12H19IN4O2/c1-16(2)12(19)5-6-14-11(18)4-3-7-17-9-10(13)8-15-17/h8-9H,3-7H2,1-2H3,(H,14,18). The Morgan fingerprint density at radius 2 is 2.16 bits per heavy atom. The third-order valence-electron chi connectivity index (χ3n) is 2.55. The molecule has 0 aliphatic rings.